The van der Waals surface area contributed by atoms with Crippen molar-refractivity contribution >= 4 is 9.39 Å². The Morgan fingerprint density at radius 2 is 2.44 bits per heavy atom. The van der Waals surface area contributed by atoms with Gasteiger partial charge in [-0.05, 0) is 36.6 Å². The molecular weight excluding hydrogens is 228 g/mol. The van der Waals surface area contributed by atoms with Crippen LogP contribution in [0.4, 0.5) is 4.39 Å². The van der Waals surface area contributed by atoms with Crippen LogP contribution in [0.1, 0.15) is 12.0 Å². The lowest BCUT2D eigenvalue weighted by Gasteiger charge is -2.29. The number of aliphatic hydroxyl groups excluding tert-OH is 1. The molecular formula is C11H15FNO2P. The number of halogens is 1. The first kappa shape index (κ1) is 11.8. The lowest BCUT2D eigenvalue weighted by atomic mass is 9.99. The predicted octanol–water partition coefficient (Wildman–Crippen LogP) is 1.26. The number of hydrogen-bond donors (Lipinski definition) is 2. The first-order valence-electron chi connectivity index (χ1n) is 5.27. The molecule has 1 aromatic rings. The Kier molecular flexibility index (Phi) is 3.74. The summed E-state index contributed by atoms with van der Waals surface area (Å²) in [6.07, 6.45) is 0.692. The van der Waals surface area contributed by atoms with Crippen LogP contribution in [-0.2, 0) is 6.42 Å². The highest BCUT2D eigenvalue weighted by Gasteiger charge is 2.25. The van der Waals surface area contributed by atoms with Crippen LogP contribution in [0.25, 0.3) is 0 Å². The molecule has 0 saturated heterocycles. The van der Waals surface area contributed by atoms with Crippen LogP contribution < -0.4 is 9.82 Å². The SMILES string of the molecule is OC(CNP)[C@@H]1CCc2cc(F)ccc2O1. The minimum Gasteiger partial charge on any atom is -0.487 e. The van der Waals surface area contributed by atoms with Gasteiger partial charge in [0.05, 0.1) is 0 Å². The van der Waals surface area contributed by atoms with Crippen LogP contribution in [0.3, 0.4) is 0 Å². The van der Waals surface area contributed by atoms with Crippen molar-refractivity contribution in [3.8, 4) is 5.75 Å². The molecule has 2 unspecified atom stereocenters. The second kappa shape index (κ2) is 5.09. The zero-order valence-corrected chi connectivity index (χ0v) is 9.97. The van der Waals surface area contributed by atoms with Crippen molar-refractivity contribution in [2.75, 3.05) is 6.54 Å². The normalized spacial score (nSPS) is 21.1. The van der Waals surface area contributed by atoms with Crippen LogP contribution in [0.5, 0.6) is 5.75 Å². The molecule has 0 bridgehead atoms. The van der Waals surface area contributed by atoms with E-state index in [0.717, 1.165) is 12.0 Å². The first-order chi connectivity index (χ1) is 7.70. The highest BCUT2D eigenvalue weighted by atomic mass is 31.0. The lowest BCUT2D eigenvalue weighted by molar-refractivity contribution is 0.0278. The Balaban J connectivity index is 2.09. The van der Waals surface area contributed by atoms with Gasteiger partial charge in [-0.25, -0.2) is 4.39 Å². The smallest absolute Gasteiger partial charge is 0.126 e. The minimum absolute atomic E-state index is 0.217. The molecule has 3 nitrogen and oxygen atoms in total. The van der Waals surface area contributed by atoms with Crippen molar-refractivity contribution in [3.05, 3.63) is 29.6 Å². The van der Waals surface area contributed by atoms with E-state index in [-0.39, 0.29) is 11.9 Å². The number of fused-ring (bicyclic) bond motifs is 1. The third-order valence-corrected chi connectivity index (χ3v) is 2.99. The largest absolute Gasteiger partial charge is 0.487 e. The summed E-state index contributed by atoms with van der Waals surface area (Å²) >= 11 is 0. The monoisotopic (exact) mass is 243 g/mol. The van der Waals surface area contributed by atoms with Gasteiger partial charge >= 0.3 is 0 Å². The number of ether oxygens (including phenoxy) is 1. The molecule has 1 heterocycles. The topological polar surface area (TPSA) is 41.5 Å². The highest BCUT2D eigenvalue weighted by Crippen LogP contribution is 2.29. The molecule has 1 aliphatic rings. The quantitative estimate of drug-likeness (QED) is 0.785. The maximum absolute atomic E-state index is 13.0. The Morgan fingerprint density at radius 3 is 3.19 bits per heavy atom. The average molecular weight is 243 g/mol. The summed E-state index contributed by atoms with van der Waals surface area (Å²) < 4.78 is 18.6. The molecule has 2 N–H and O–H groups in total. The summed E-state index contributed by atoms with van der Waals surface area (Å²) in [5, 5.41) is 12.6. The van der Waals surface area contributed by atoms with E-state index in [0.29, 0.717) is 18.7 Å². The van der Waals surface area contributed by atoms with E-state index in [1.807, 2.05) is 0 Å². The average Bonchev–Trinajstić information content (AvgIpc) is 2.28. The number of rotatable bonds is 3. The standard InChI is InChI=1S/C11H15FNO2P/c12-8-2-4-10-7(5-8)1-3-11(15-10)9(14)6-13-16/h2,4-5,9,11,13-14H,1,3,6,16H2/t9?,11-/m0/s1. The van der Waals surface area contributed by atoms with Gasteiger partial charge in [-0.2, -0.15) is 0 Å². The van der Waals surface area contributed by atoms with Crippen molar-refractivity contribution in [2.24, 2.45) is 0 Å². The predicted molar refractivity (Wildman–Crippen MR) is 62.9 cm³/mol. The van der Waals surface area contributed by atoms with Gasteiger partial charge in [-0.1, -0.05) is 9.39 Å². The van der Waals surface area contributed by atoms with Gasteiger partial charge in [0, 0.05) is 6.54 Å². The summed E-state index contributed by atoms with van der Waals surface area (Å²) in [7, 11) is 2.35. The Labute approximate surface area is 96.3 Å². The molecule has 3 atom stereocenters. The number of aliphatic hydroxyl groups is 1. The van der Waals surface area contributed by atoms with E-state index in [1.165, 1.54) is 12.1 Å². The van der Waals surface area contributed by atoms with Gasteiger partial charge in [-0.3, -0.25) is 5.09 Å². The van der Waals surface area contributed by atoms with Gasteiger partial charge in [0.15, 0.2) is 0 Å². The maximum Gasteiger partial charge on any atom is 0.126 e. The molecule has 1 aliphatic heterocycles. The van der Waals surface area contributed by atoms with Gasteiger partial charge in [0.2, 0.25) is 0 Å². The summed E-state index contributed by atoms with van der Waals surface area (Å²) in [6.45, 7) is 0.464. The fraction of sp³-hybridized carbons (Fsp3) is 0.455. The second-order valence-electron chi connectivity index (χ2n) is 3.92. The highest BCUT2D eigenvalue weighted by molar-refractivity contribution is 7.13. The Bertz CT molecular complexity index is 375. The van der Waals surface area contributed by atoms with Gasteiger partial charge in [0.25, 0.3) is 0 Å². The van der Waals surface area contributed by atoms with Crippen molar-refractivity contribution in [1.29, 1.82) is 0 Å². The Morgan fingerprint density at radius 1 is 1.62 bits per heavy atom. The van der Waals surface area contributed by atoms with Gasteiger partial charge in [-0.15, -0.1) is 0 Å². The third kappa shape index (κ3) is 2.51. The molecule has 0 saturated carbocycles. The molecule has 88 valence electrons. The zero-order valence-electron chi connectivity index (χ0n) is 8.82. The molecule has 16 heavy (non-hydrogen) atoms. The van der Waals surface area contributed by atoms with Crippen molar-refractivity contribution < 1.29 is 14.2 Å². The fourth-order valence-electron chi connectivity index (χ4n) is 1.90. The molecule has 1 aromatic carbocycles. The number of nitrogens with one attached hydrogen (secondary N) is 1. The lowest BCUT2D eigenvalue weighted by Crippen LogP contribution is -2.39. The molecule has 0 radical (unpaired) electrons. The van der Waals surface area contributed by atoms with E-state index in [2.05, 4.69) is 14.5 Å². The van der Waals surface area contributed by atoms with Gasteiger partial charge in [0.1, 0.15) is 23.8 Å². The first-order valence-corrected chi connectivity index (χ1v) is 5.85. The van der Waals surface area contributed by atoms with Crippen molar-refractivity contribution in [1.82, 2.24) is 5.09 Å². The van der Waals surface area contributed by atoms with Crippen LogP contribution in [-0.4, -0.2) is 23.9 Å². The third-order valence-electron chi connectivity index (χ3n) is 2.76. The van der Waals surface area contributed by atoms with Crippen molar-refractivity contribution in [3.63, 3.8) is 0 Å². The van der Waals surface area contributed by atoms with Crippen LogP contribution in [0.15, 0.2) is 18.2 Å². The molecule has 0 aromatic heterocycles. The molecule has 5 heteroatoms. The fourth-order valence-corrected chi connectivity index (χ4v) is 2.14. The Hall–Kier alpha value is -0.700. The molecule has 2 rings (SSSR count). The number of hydrogen-bond acceptors (Lipinski definition) is 3. The summed E-state index contributed by atoms with van der Waals surface area (Å²) in [5.41, 5.74) is 0.877. The van der Waals surface area contributed by atoms with Gasteiger partial charge < -0.3 is 9.84 Å². The van der Waals surface area contributed by atoms with Crippen molar-refractivity contribution in [2.45, 2.75) is 25.0 Å². The zero-order chi connectivity index (χ0) is 11.5. The molecule has 0 spiro atoms. The van der Waals surface area contributed by atoms with E-state index in [9.17, 15) is 9.50 Å². The minimum atomic E-state index is -0.546. The van der Waals surface area contributed by atoms with E-state index < -0.39 is 6.10 Å². The molecule has 0 fully saturated rings. The summed E-state index contributed by atoms with van der Waals surface area (Å²) in [6, 6.07) is 4.49. The summed E-state index contributed by atoms with van der Waals surface area (Å²) in [4.78, 5) is 0. The summed E-state index contributed by atoms with van der Waals surface area (Å²) in [5.74, 6) is 0.438. The van der Waals surface area contributed by atoms with Crippen LogP contribution in [0.2, 0.25) is 0 Å². The van der Waals surface area contributed by atoms with E-state index in [1.54, 1.807) is 6.07 Å². The second-order valence-corrected chi connectivity index (χ2v) is 4.33. The molecule has 0 aliphatic carbocycles. The number of aryl methyl sites for hydroxylation is 1. The molecule has 0 amide bonds. The van der Waals surface area contributed by atoms with E-state index >= 15 is 0 Å². The van der Waals surface area contributed by atoms with Crippen LogP contribution in [0, 0.1) is 5.82 Å². The van der Waals surface area contributed by atoms with Crippen LogP contribution >= 0.6 is 9.39 Å². The number of benzene rings is 1. The van der Waals surface area contributed by atoms with E-state index in [4.69, 9.17) is 4.74 Å². The maximum atomic E-state index is 13.0.